The van der Waals surface area contributed by atoms with Gasteiger partial charge >= 0.3 is 0 Å². The lowest BCUT2D eigenvalue weighted by atomic mass is 10.2. The second kappa shape index (κ2) is 6.37. The van der Waals surface area contributed by atoms with Gasteiger partial charge in [-0.1, -0.05) is 6.92 Å². The van der Waals surface area contributed by atoms with E-state index in [0.717, 1.165) is 17.8 Å². The number of hydrogen-bond acceptors (Lipinski definition) is 5. The zero-order chi connectivity index (χ0) is 15.5. The Morgan fingerprint density at radius 1 is 1.43 bits per heavy atom. The van der Waals surface area contributed by atoms with Crippen molar-refractivity contribution in [1.82, 2.24) is 30.4 Å². The van der Waals surface area contributed by atoms with E-state index in [2.05, 4.69) is 30.4 Å². The lowest BCUT2D eigenvalue weighted by Gasteiger charge is -2.12. The van der Waals surface area contributed by atoms with Gasteiger partial charge in [-0.05, 0) is 20.4 Å². The Hall–Kier alpha value is -1.71. The number of hydrogen-bond donors (Lipinski definition) is 4. The maximum absolute atomic E-state index is 12.5. The van der Waals surface area contributed by atoms with Crippen molar-refractivity contribution in [2.24, 2.45) is 0 Å². The first-order valence-corrected chi connectivity index (χ1v) is 8.19. The number of aromatic nitrogens is 4. The minimum atomic E-state index is -3.70. The Morgan fingerprint density at radius 2 is 2.19 bits per heavy atom. The van der Waals surface area contributed by atoms with Crippen molar-refractivity contribution < 1.29 is 8.42 Å². The van der Waals surface area contributed by atoms with Crippen LogP contribution < -0.4 is 10.0 Å². The molecule has 2 aromatic heterocycles. The molecule has 1 unspecified atom stereocenters. The number of H-pyrrole nitrogens is 2. The summed E-state index contributed by atoms with van der Waals surface area (Å²) in [6.07, 6.45) is 3.24. The summed E-state index contributed by atoms with van der Waals surface area (Å²) in [5.41, 5.74) is 2.16. The van der Waals surface area contributed by atoms with Gasteiger partial charge in [0.2, 0.25) is 0 Å². The van der Waals surface area contributed by atoms with E-state index in [1.165, 1.54) is 0 Å². The summed E-state index contributed by atoms with van der Waals surface area (Å²) in [7, 11) is -3.70. The number of aryl methyl sites for hydroxylation is 1. The van der Waals surface area contributed by atoms with Crippen LogP contribution in [0.2, 0.25) is 0 Å². The fourth-order valence-corrected chi connectivity index (χ4v) is 3.39. The van der Waals surface area contributed by atoms with Gasteiger partial charge in [0.05, 0.1) is 6.20 Å². The average Bonchev–Trinajstić information content (AvgIpc) is 3.05. The summed E-state index contributed by atoms with van der Waals surface area (Å²) in [6, 6.07) is -0.391. The topological polar surface area (TPSA) is 116 Å². The standard InChI is InChI=1S/C12H20N6O2S/c1-4-13-7-11-9(3)16-17-12(11)21(19,20)18-8(2)10-5-14-15-6-10/h5-6,8,13,18H,4,7H2,1-3H3,(H,14,15)(H,16,17). The van der Waals surface area contributed by atoms with Gasteiger partial charge in [-0.3, -0.25) is 10.2 Å². The van der Waals surface area contributed by atoms with Gasteiger partial charge < -0.3 is 5.32 Å². The van der Waals surface area contributed by atoms with Crippen molar-refractivity contribution in [3.8, 4) is 0 Å². The zero-order valence-electron chi connectivity index (χ0n) is 12.3. The molecule has 0 amide bonds. The second-order valence-corrected chi connectivity index (χ2v) is 6.42. The first kappa shape index (κ1) is 15.7. The quantitative estimate of drug-likeness (QED) is 0.597. The fraction of sp³-hybridized carbons (Fsp3) is 0.500. The number of nitrogens with one attached hydrogen (secondary N) is 4. The molecule has 0 aliphatic carbocycles. The van der Waals surface area contributed by atoms with E-state index in [1.807, 2.05) is 6.92 Å². The van der Waals surface area contributed by atoms with Crippen molar-refractivity contribution in [3.63, 3.8) is 0 Å². The first-order valence-electron chi connectivity index (χ1n) is 6.71. The molecule has 8 nitrogen and oxygen atoms in total. The molecular weight excluding hydrogens is 292 g/mol. The van der Waals surface area contributed by atoms with Crippen LogP contribution in [0.15, 0.2) is 17.4 Å². The Balaban J connectivity index is 2.23. The minimum Gasteiger partial charge on any atom is -0.313 e. The lowest BCUT2D eigenvalue weighted by molar-refractivity contribution is 0.560. The van der Waals surface area contributed by atoms with E-state index in [-0.39, 0.29) is 5.03 Å². The molecule has 2 heterocycles. The maximum Gasteiger partial charge on any atom is 0.260 e. The summed E-state index contributed by atoms with van der Waals surface area (Å²) in [4.78, 5) is 0. The average molecular weight is 312 g/mol. The molecule has 0 saturated heterocycles. The minimum absolute atomic E-state index is 0.0382. The highest BCUT2D eigenvalue weighted by Gasteiger charge is 2.25. The molecule has 0 aliphatic heterocycles. The molecule has 2 rings (SSSR count). The van der Waals surface area contributed by atoms with Gasteiger partial charge in [-0.2, -0.15) is 10.2 Å². The van der Waals surface area contributed by atoms with Crippen molar-refractivity contribution in [1.29, 1.82) is 0 Å². The third-order valence-corrected chi connectivity index (χ3v) is 4.70. The van der Waals surface area contributed by atoms with E-state index in [0.29, 0.717) is 12.1 Å². The Kier molecular flexibility index (Phi) is 4.76. The smallest absolute Gasteiger partial charge is 0.260 e. The van der Waals surface area contributed by atoms with Crippen molar-refractivity contribution in [2.75, 3.05) is 6.54 Å². The van der Waals surface area contributed by atoms with Crippen LogP contribution in [0.1, 0.15) is 36.7 Å². The normalized spacial score (nSPS) is 13.5. The highest BCUT2D eigenvalue weighted by Crippen LogP contribution is 2.19. The molecule has 0 bridgehead atoms. The third kappa shape index (κ3) is 3.49. The van der Waals surface area contributed by atoms with Crippen molar-refractivity contribution >= 4 is 10.0 Å². The highest BCUT2D eigenvalue weighted by atomic mass is 32.2. The van der Waals surface area contributed by atoms with Crippen molar-refractivity contribution in [2.45, 2.75) is 38.4 Å². The van der Waals surface area contributed by atoms with Crippen LogP contribution in [-0.2, 0) is 16.6 Å². The highest BCUT2D eigenvalue weighted by molar-refractivity contribution is 7.89. The molecule has 0 fully saturated rings. The number of rotatable bonds is 7. The van der Waals surface area contributed by atoms with Crippen LogP contribution in [-0.4, -0.2) is 35.4 Å². The van der Waals surface area contributed by atoms with E-state index in [4.69, 9.17) is 0 Å². The molecule has 4 N–H and O–H groups in total. The molecule has 21 heavy (non-hydrogen) atoms. The fourth-order valence-electron chi connectivity index (χ4n) is 1.96. The Labute approximate surface area is 123 Å². The van der Waals surface area contributed by atoms with Crippen molar-refractivity contribution in [3.05, 3.63) is 29.2 Å². The first-order chi connectivity index (χ1) is 9.95. The van der Waals surface area contributed by atoms with E-state index >= 15 is 0 Å². The zero-order valence-corrected chi connectivity index (χ0v) is 13.1. The summed E-state index contributed by atoms with van der Waals surface area (Å²) in [5.74, 6) is 0. The van der Waals surface area contributed by atoms with E-state index in [9.17, 15) is 8.42 Å². The van der Waals surface area contributed by atoms with Gasteiger partial charge in [-0.25, -0.2) is 13.1 Å². The Morgan fingerprint density at radius 3 is 2.81 bits per heavy atom. The molecule has 0 saturated carbocycles. The number of nitrogens with zero attached hydrogens (tertiary/aromatic N) is 2. The number of sulfonamides is 1. The van der Waals surface area contributed by atoms with Gasteiger partial charge in [0, 0.05) is 35.6 Å². The predicted octanol–water partition coefficient (Wildman–Crippen LogP) is 0.590. The maximum atomic E-state index is 12.5. The SMILES string of the molecule is CCNCc1c(S(=O)(=O)NC(C)c2cn[nH]c2)n[nH]c1C. The van der Waals surface area contributed by atoms with Crippen LogP contribution in [0, 0.1) is 6.92 Å². The summed E-state index contributed by atoms with van der Waals surface area (Å²) >= 11 is 0. The number of aromatic amines is 2. The summed E-state index contributed by atoms with van der Waals surface area (Å²) in [6.45, 7) is 6.73. The predicted molar refractivity (Wildman–Crippen MR) is 78.0 cm³/mol. The molecule has 1 atom stereocenters. The van der Waals surface area contributed by atoms with E-state index < -0.39 is 16.1 Å². The third-order valence-electron chi connectivity index (χ3n) is 3.19. The van der Waals surface area contributed by atoms with Crippen LogP contribution in [0.25, 0.3) is 0 Å². The molecule has 0 spiro atoms. The van der Waals surface area contributed by atoms with Gasteiger partial charge in [0.15, 0.2) is 5.03 Å². The molecule has 0 aromatic carbocycles. The van der Waals surface area contributed by atoms with Gasteiger partial charge in [0.25, 0.3) is 10.0 Å². The molecule has 0 aliphatic rings. The monoisotopic (exact) mass is 312 g/mol. The van der Waals surface area contributed by atoms with Crippen LogP contribution in [0.4, 0.5) is 0 Å². The molecule has 9 heteroatoms. The summed E-state index contributed by atoms with van der Waals surface area (Å²) < 4.78 is 27.6. The molecule has 116 valence electrons. The van der Waals surface area contributed by atoms with Crippen LogP contribution >= 0.6 is 0 Å². The molecular formula is C12H20N6O2S. The van der Waals surface area contributed by atoms with Crippen LogP contribution in [0.3, 0.4) is 0 Å². The van der Waals surface area contributed by atoms with E-state index in [1.54, 1.807) is 26.2 Å². The largest absolute Gasteiger partial charge is 0.313 e. The Bertz CT molecular complexity index is 677. The van der Waals surface area contributed by atoms with Gasteiger partial charge in [0.1, 0.15) is 0 Å². The lowest BCUT2D eigenvalue weighted by Crippen LogP contribution is -2.28. The summed E-state index contributed by atoms with van der Waals surface area (Å²) in [5, 5.41) is 16.3. The van der Waals surface area contributed by atoms with Gasteiger partial charge in [-0.15, -0.1) is 0 Å². The second-order valence-electron chi connectivity index (χ2n) is 4.79. The molecule has 2 aromatic rings. The molecule has 0 radical (unpaired) electrons. The van der Waals surface area contributed by atoms with Crippen LogP contribution in [0.5, 0.6) is 0 Å².